The zero-order chi connectivity index (χ0) is 13.2. The number of hydrogen-bond donors (Lipinski definition) is 1. The summed E-state index contributed by atoms with van der Waals surface area (Å²) in [5, 5.41) is 1.21. The van der Waals surface area contributed by atoms with Crippen LogP contribution in [0.2, 0.25) is 0 Å². The summed E-state index contributed by atoms with van der Waals surface area (Å²) in [6.07, 6.45) is 0. The fraction of sp³-hybridized carbons (Fsp3) is 0.467. The monoisotopic (exact) mass is 259 g/mol. The molecule has 0 bridgehead atoms. The molecule has 2 aromatic rings. The Labute approximate surface area is 113 Å². The number of hydrogen-bond acceptors (Lipinski definition) is 4. The van der Waals surface area contributed by atoms with Gasteiger partial charge in [-0.2, -0.15) is 0 Å². The molecule has 2 heterocycles. The molecule has 4 heteroatoms. The molecule has 19 heavy (non-hydrogen) atoms. The molecule has 1 aromatic heterocycles. The summed E-state index contributed by atoms with van der Waals surface area (Å²) < 4.78 is 5.85. The predicted octanol–water partition coefficient (Wildman–Crippen LogP) is 1.64. The van der Waals surface area contributed by atoms with E-state index < -0.39 is 0 Å². The lowest BCUT2D eigenvalue weighted by Gasteiger charge is -2.32. The first-order chi connectivity index (χ1) is 9.28. The molecule has 1 aliphatic heterocycles. The molecule has 0 saturated carbocycles. The van der Waals surface area contributed by atoms with E-state index in [1.807, 2.05) is 12.1 Å². The summed E-state index contributed by atoms with van der Waals surface area (Å²) in [4.78, 5) is 4.85. The van der Waals surface area contributed by atoms with Crippen LogP contribution in [-0.4, -0.2) is 43.0 Å². The lowest BCUT2D eigenvalue weighted by molar-refractivity contribution is 0.148. The molecule has 1 fully saturated rings. The summed E-state index contributed by atoms with van der Waals surface area (Å²) in [6.45, 7) is 5.90. The lowest BCUT2D eigenvalue weighted by atomic mass is 10.1. The van der Waals surface area contributed by atoms with Crippen molar-refractivity contribution in [2.45, 2.75) is 13.1 Å². The van der Waals surface area contributed by atoms with Crippen molar-refractivity contribution in [3.05, 3.63) is 35.6 Å². The maximum atomic E-state index is 5.85. The first-order valence-corrected chi connectivity index (χ1v) is 6.88. The van der Waals surface area contributed by atoms with Crippen LogP contribution in [0.4, 0.5) is 0 Å². The van der Waals surface area contributed by atoms with Crippen LogP contribution in [0.25, 0.3) is 11.0 Å². The van der Waals surface area contributed by atoms with Crippen molar-refractivity contribution in [1.82, 2.24) is 9.80 Å². The number of likely N-dealkylation sites (N-methyl/N-ethyl adjacent to an activating group) is 1. The van der Waals surface area contributed by atoms with Crippen molar-refractivity contribution >= 4 is 11.0 Å². The number of piperazine rings is 1. The lowest BCUT2D eigenvalue weighted by Crippen LogP contribution is -2.44. The van der Waals surface area contributed by atoms with Gasteiger partial charge in [0.2, 0.25) is 0 Å². The Morgan fingerprint density at radius 2 is 1.89 bits per heavy atom. The summed E-state index contributed by atoms with van der Waals surface area (Å²) >= 11 is 0. The Hall–Kier alpha value is -1.36. The molecular weight excluding hydrogens is 238 g/mol. The maximum Gasteiger partial charge on any atom is 0.134 e. The summed E-state index contributed by atoms with van der Waals surface area (Å²) in [5.41, 5.74) is 8.04. The van der Waals surface area contributed by atoms with Crippen LogP contribution in [0, 0.1) is 0 Å². The summed E-state index contributed by atoms with van der Waals surface area (Å²) in [5.74, 6) is 0.931. The van der Waals surface area contributed by atoms with Crippen molar-refractivity contribution in [1.29, 1.82) is 0 Å². The highest BCUT2D eigenvalue weighted by Crippen LogP contribution is 2.27. The SMILES string of the molecule is CN1CCN(Cc2c(CN)oc3ccccc23)CC1. The van der Waals surface area contributed by atoms with Crippen LogP contribution in [0.15, 0.2) is 28.7 Å². The predicted molar refractivity (Wildman–Crippen MR) is 76.9 cm³/mol. The minimum Gasteiger partial charge on any atom is -0.459 e. The zero-order valence-corrected chi connectivity index (χ0v) is 11.4. The second kappa shape index (κ2) is 5.33. The quantitative estimate of drug-likeness (QED) is 0.910. The highest BCUT2D eigenvalue weighted by Gasteiger charge is 2.19. The molecule has 0 unspecified atom stereocenters. The van der Waals surface area contributed by atoms with Gasteiger partial charge >= 0.3 is 0 Å². The third kappa shape index (κ3) is 2.52. The minimum absolute atomic E-state index is 0.470. The first-order valence-electron chi connectivity index (χ1n) is 6.88. The van der Waals surface area contributed by atoms with Gasteiger partial charge in [-0.1, -0.05) is 18.2 Å². The average molecular weight is 259 g/mol. The van der Waals surface area contributed by atoms with Gasteiger partial charge in [0.1, 0.15) is 11.3 Å². The number of para-hydroxylation sites is 1. The molecule has 3 rings (SSSR count). The number of nitrogens with two attached hydrogens (primary N) is 1. The van der Waals surface area contributed by atoms with Gasteiger partial charge in [0, 0.05) is 43.7 Å². The topological polar surface area (TPSA) is 45.6 Å². The van der Waals surface area contributed by atoms with Crippen molar-refractivity contribution in [3.63, 3.8) is 0 Å². The van der Waals surface area contributed by atoms with Gasteiger partial charge in [-0.15, -0.1) is 0 Å². The van der Waals surface area contributed by atoms with Gasteiger partial charge in [0.25, 0.3) is 0 Å². The molecule has 1 aromatic carbocycles. The molecule has 0 radical (unpaired) electrons. The Balaban J connectivity index is 1.87. The number of nitrogens with zero attached hydrogens (tertiary/aromatic N) is 2. The van der Waals surface area contributed by atoms with Crippen molar-refractivity contribution < 1.29 is 4.42 Å². The first kappa shape index (κ1) is 12.7. The molecule has 1 saturated heterocycles. The smallest absolute Gasteiger partial charge is 0.134 e. The van der Waals surface area contributed by atoms with Crippen molar-refractivity contribution in [2.75, 3.05) is 33.2 Å². The molecule has 0 amide bonds. The van der Waals surface area contributed by atoms with Gasteiger partial charge in [-0.3, -0.25) is 4.90 Å². The Bertz CT molecular complexity index is 556. The van der Waals surface area contributed by atoms with Crippen LogP contribution < -0.4 is 5.73 Å². The summed E-state index contributed by atoms with van der Waals surface area (Å²) in [6, 6.07) is 8.21. The van der Waals surface area contributed by atoms with Gasteiger partial charge < -0.3 is 15.1 Å². The van der Waals surface area contributed by atoms with Gasteiger partial charge in [-0.05, 0) is 13.1 Å². The number of rotatable bonds is 3. The highest BCUT2D eigenvalue weighted by molar-refractivity contribution is 5.82. The second-order valence-electron chi connectivity index (χ2n) is 5.28. The number of fused-ring (bicyclic) bond motifs is 1. The number of benzene rings is 1. The van der Waals surface area contributed by atoms with Crippen LogP contribution in [-0.2, 0) is 13.1 Å². The van der Waals surface area contributed by atoms with Crippen LogP contribution in [0.1, 0.15) is 11.3 Å². The van der Waals surface area contributed by atoms with Crippen molar-refractivity contribution in [2.24, 2.45) is 5.73 Å². The zero-order valence-electron chi connectivity index (χ0n) is 11.4. The standard InChI is InChI=1S/C15H21N3O/c1-17-6-8-18(9-7-17)11-13-12-4-2-3-5-14(12)19-15(13)10-16/h2-5H,6-11,16H2,1H3. The molecule has 0 aliphatic carbocycles. The molecule has 4 nitrogen and oxygen atoms in total. The maximum absolute atomic E-state index is 5.85. The Kier molecular flexibility index (Phi) is 3.55. The largest absolute Gasteiger partial charge is 0.459 e. The van der Waals surface area contributed by atoms with Crippen LogP contribution in [0.3, 0.4) is 0 Å². The minimum atomic E-state index is 0.470. The fourth-order valence-corrected chi connectivity index (χ4v) is 2.72. The Morgan fingerprint density at radius 1 is 1.16 bits per heavy atom. The average Bonchev–Trinajstić information content (AvgIpc) is 2.79. The van der Waals surface area contributed by atoms with Gasteiger partial charge in [0.15, 0.2) is 0 Å². The van der Waals surface area contributed by atoms with Gasteiger partial charge in [0.05, 0.1) is 6.54 Å². The van der Waals surface area contributed by atoms with E-state index in [1.165, 1.54) is 10.9 Å². The van der Waals surface area contributed by atoms with E-state index in [-0.39, 0.29) is 0 Å². The van der Waals surface area contributed by atoms with E-state index in [2.05, 4.69) is 29.0 Å². The van der Waals surface area contributed by atoms with Crippen LogP contribution in [0.5, 0.6) is 0 Å². The second-order valence-corrected chi connectivity index (χ2v) is 5.28. The molecule has 1 aliphatic rings. The van der Waals surface area contributed by atoms with E-state index >= 15 is 0 Å². The fourth-order valence-electron chi connectivity index (χ4n) is 2.72. The van der Waals surface area contributed by atoms with Gasteiger partial charge in [-0.25, -0.2) is 0 Å². The molecule has 0 atom stereocenters. The van der Waals surface area contributed by atoms with Crippen LogP contribution >= 0.6 is 0 Å². The van der Waals surface area contributed by atoms with E-state index in [0.717, 1.165) is 44.1 Å². The summed E-state index contributed by atoms with van der Waals surface area (Å²) in [7, 11) is 2.18. The third-order valence-electron chi connectivity index (χ3n) is 3.94. The molecule has 2 N–H and O–H groups in total. The number of furan rings is 1. The van der Waals surface area contributed by atoms with E-state index in [4.69, 9.17) is 10.2 Å². The molecule has 102 valence electrons. The third-order valence-corrected chi connectivity index (χ3v) is 3.94. The normalized spacial score (nSPS) is 18.2. The van der Waals surface area contributed by atoms with E-state index in [9.17, 15) is 0 Å². The molecule has 0 spiro atoms. The van der Waals surface area contributed by atoms with E-state index in [0.29, 0.717) is 6.54 Å². The Morgan fingerprint density at radius 3 is 2.63 bits per heavy atom. The highest BCUT2D eigenvalue weighted by atomic mass is 16.3. The van der Waals surface area contributed by atoms with E-state index in [1.54, 1.807) is 0 Å². The molecular formula is C15H21N3O. The van der Waals surface area contributed by atoms with Crippen molar-refractivity contribution in [3.8, 4) is 0 Å².